The molecule has 0 saturated carbocycles. The molecule has 0 aromatic carbocycles. The summed E-state index contributed by atoms with van der Waals surface area (Å²) in [6.45, 7) is 14.4. The van der Waals surface area contributed by atoms with E-state index in [1.165, 1.54) is 6.42 Å². The van der Waals surface area contributed by atoms with E-state index in [-0.39, 0.29) is 16.5 Å². The maximum absolute atomic E-state index is 3.67. The van der Waals surface area contributed by atoms with Gasteiger partial charge in [0, 0.05) is 8.07 Å². The first kappa shape index (κ1) is 18.9. The summed E-state index contributed by atoms with van der Waals surface area (Å²) in [5, 5.41) is 3.16. The van der Waals surface area contributed by atoms with Crippen molar-refractivity contribution in [3.8, 4) is 0 Å². The zero-order valence-corrected chi connectivity index (χ0v) is 16.0. The van der Waals surface area contributed by atoms with Gasteiger partial charge < -0.3 is 0 Å². The minimum absolute atomic E-state index is 0. The SMILES string of the molecule is C[Si](C)(C)C1=[C-]C([Si](C)(C)C)=CC1.[C-]1=CC=CC1.[Ni+2]. The maximum Gasteiger partial charge on any atom is 2.00 e. The summed E-state index contributed by atoms with van der Waals surface area (Å²) >= 11 is 0. The molecule has 0 N–H and O–H groups in total. The van der Waals surface area contributed by atoms with Gasteiger partial charge in [-0.05, 0) is 0 Å². The molecule has 0 heterocycles. The second kappa shape index (κ2) is 7.61. The Bertz CT molecular complexity index is 391. The first-order chi connectivity index (χ1) is 8.21. The Morgan fingerprint density at radius 1 is 1.00 bits per heavy atom. The topological polar surface area (TPSA) is 0 Å². The van der Waals surface area contributed by atoms with E-state index < -0.39 is 16.1 Å². The first-order valence-electron chi connectivity index (χ1n) is 6.77. The summed E-state index contributed by atoms with van der Waals surface area (Å²) in [4.78, 5) is 0. The van der Waals surface area contributed by atoms with Gasteiger partial charge >= 0.3 is 16.5 Å². The van der Waals surface area contributed by atoms with Crippen LogP contribution in [0.4, 0.5) is 0 Å². The van der Waals surface area contributed by atoms with Crippen molar-refractivity contribution in [1.82, 2.24) is 0 Å². The first-order valence-corrected chi connectivity index (χ1v) is 13.8. The van der Waals surface area contributed by atoms with Crippen LogP contribution in [0.3, 0.4) is 0 Å². The summed E-state index contributed by atoms with van der Waals surface area (Å²) in [6, 6.07) is 0. The maximum atomic E-state index is 3.67. The van der Waals surface area contributed by atoms with Crippen LogP contribution < -0.4 is 0 Å². The van der Waals surface area contributed by atoms with Gasteiger partial charge in [0.05, 0.1) is 8.07 Å². The van der Waals surface area contributed by atoms with Gasteiger partial charge in [0.1, 0.15) is 0 Å². The van der Waals surface area contributed by atoms with Crippen LogP contribution >= 0.6 is 0 Å². The number of rotatable bonds is 2. The van der Waals surface area contributed by atoms with Crippen molar-refractivity contribution in [3.63, 3.8) is 0 Å². The Morgan fingerprint density at radius 3 is 1.84 bits per heavy atom. The molecular weight excluding hydrogens is 307 g/mol. The molecule has 108 valence electrons. The van der Waals surface area contributed by atoms with E-state index in [0.717, 1.165) is 6.42 Å². The summed E-state index contributed by atoms with van der Waals surface area (Å²) < 4.78 is 0. The Labute approximate surface area is 131 Å². The fourth-order valence-electron chi connectivity index (χ4n) is 1.80. The number of allylic oxidation sites excluding steroid dienone is 8. The standard InChI is InChI=1S/C11H21Si2.C5H5.Ni/c1-12(2,3)10-7-8-11(9-10)13(4,5)6;1-2-4-5-3-1;/h7H,8H2,1-6H3;1-3H,4H2;/q2*-1;+2. The van der Waals surface area contributed by atoms with Crippen LogP contribution in [0.2, 0.25) is 39.3 Å². The molecular formula is C16H26NiSi2. The van der Waals surface area contributed by atoms with Crippen LogP contribution in [0, 0.1) is 12.2 Å². The van der Waals surface area contributed by atoms with E-state index in [1.807, 2.05) is 12.2 Å². The van der Waals surface area contributed by atoms with Crippen LogP contribution in [0.5, 0.6) is 0 Å². The molecule has 19 heavy (non-hydrogen) atoms. The van der Waals surface area contributed by atoms with Crippen molar-refractivity contribution in [2.45, 2.75) is 52.1 Å². The van der Waals surface area contributed by atoms with E-state index in [9.17, 15) is 0 Å². The molecule has 0 amide bonds. The molecule has 2 rings (SSSR count). The minimum Gasteiger partial charge on any atom is -0.273 e. The van der Waals surface area contributed by atoms with E-state index in [0.29, 0.717) is 0 Å². The molecule has 0 atom stereocenters. The fourth-order valence-corrected chi connectivity index (χ4v) is 4.39. The normalized spacial score (nSPS) is 17.4. The smallest absolute Gasteiger partial charge is 0.273 e. The van der Waals surface area contributed by atoms with E-state index >= 15 is 0 Å². The number of hydrogen-bond donors (Lipinski definition) is 0. The molecule has 0 unspecified atom stereocenters. The average Bonchev–Trinajstić information content (AvgIpc) is 2.91. The molecule has 0 aromatic rings. The van der Waals surface area contributed by atoms with Crippen molar-refractivity contribution in [2.75, 3.05) is 0 Å². The van der Waals surface area contributed by atoms with Crippen molar-refractivity contribution < 1.29 is 16.5 Å². The largest absolute Gasteiger partial charge is 2.00 e. The summed E-state index contributed by atoms with van der Waals surface area (Å²) in [5.74, 6) is 0. The van der Waals surface area contributed by atoms with Gasteiger partial charge in [0.2, 0.25) is 0 Å². The Kier molecular flexibility index (Phi) is 7.57. The van der Waals surface area contributed by atoms with Gasteiger partial charge in [0.25, 0.3) is 0 Å². The predicted molar refractivity (Wildman–Crippen MR) is 87.7 cm³/mol. The molecule has 0 aromatic heterocycles. The van der Waals surface area contributed by atoms with Crippen LogP contribution in [-0.4, -0.2) is 16.1 Å². The van der Waals surface area contributed by atoms with E-state index in [4.69, 9.17) is 0 Å². The summed E-state index contributed by atoms with van der Waals surface area (Å²) in [7, 11) is -2.16. The quantitative estimate of drug-likeness (QED) is 0.487. The van der Waals surface area contributed by atoms with Crippen molar-refractivity contribution in [1.29, 1.82) is 0 Å². The second-order valence-corrected chi connectivity index (χ2v) is 17.1. The monoisotopic (exact) mass is 332 g/mol. The van der Waals surface area contributed by atoms with Crippen molar-refractivity contribution >= 4 is 16.1 Å². The van der Waals surface area contributed by atoms with E-state index in [1.54, 1.807) is 10.4 Å². The third-order valence-corrected chi connectivity index (χ3v) is 7.18. The van der Waals surface area contributed by atoms with Crippen molar-refractivity contribution in [2.24, 2.45) is 0 Å². The van der Waals surface area contributed by atoms with Crippen LogP contribution in [-0.2, 0) is 16.5 Å². The minimum atomic E-state index is -1.09. The third-order valence-electron chi connectivity index (χ3n) is 3.10. The Morgan fingerprint density at radius 2 is 1.63 bits per heavy atom. The molecule has 2 aliphatic carbocycles. The molecule has 0 radical (unpaired) electrons. The molecule has 0 saturated heterocycles. The average molecular weight is 333 g/mol. The zero-order valence-electron chi connectivity index (χ0n) is 13.0. The van der Waals surface area contributed by atoms with Gasteiger partial charge in [-0.15, -0.1) is 12.8 Å². The van der Waals surface area contributed by atoms with Crippen LogP contribution in [0.15, 0.2) is 34.7 Å². The van der Waals surface area contributed by atoms with Crippen molar-refractivity contribution in [3.05, 3.63) is 46.8 Å². The third kappa shape index (κ3) is 6.74. The van der Waals surface area contributed by atoms with Gasteiger partial charge in [0.15, 0.2) is 0 Å². The van der Waals surface area contributed by atoms with Crippen LogP contribution in [0.1, 0.15) is 12.8 Å². The molecule has 0 aliphatic heterocycles. The summed E-state index contributed by atoms with van der Waals surface area (Å²) in [6.07, 6.45) is 17.3. The second-order valence-electron chi connectivity index (χ2n) is 6.93. The van der Waals surface area contributed by atoms with Crippen LogP contribution in [0.25, 0.3) is 0 Å². The zero-order chi connectivity index (χ0) is 13.8. The molecule has 0 fully saturated rings. The predicted octanol–water partition coefficient (Wildman–Crippen LogP) is 5.10. The Balaban J connectivity index is 0.000000454. The Hall–Kier alpha value is -0.113. The number of hydrogen-bond acceptors (Lipinski definition) is 0. The van der Waals surface area contributed by atoms with Gasteiger partial charge in [-0.3, -0.25) is 12.2 Å². The molecule has 0 spiro atoms. The van der Waals surface area contributed by atoms with Gasteiger partial charge in [-0.25, -0.2) is 23.4 Å². The molecule has 0 bridgehead atoms. The fraction of sp³-hybridized carbons (Fsp3) is 0.500. The molecule has 2 aliphatic rings. The molecule has 3 heteroatoms. The molecule has 0 nitrogen and oxygen atoms in total. The van der Waals surface area contributed by atoms with Gasteiger partial charge in [-0.1, -0.05) is 39.3 Å². The van der Waals surface area contributed by atoms with Gasteiger partial charge in [-0.2, -0.15) is 11.3 Å². The summed E-state index contributed by atoms with van der Waals surface area (Å²) in [5.41, 5.74) is 0. The van der Waals surface area contributed by atoms with E-state index in [2.05, 4.69) is 63.6 Å².